The fourth-order valence-electron chi connectivity index (χ4n) is 2.15. The summed E-state index contributed by atoms with van der Waals surface area (Å²) in [6, 6.07) is 13.0. The minimum absolute atomic E-state index is 0.114. The highest BCUT2D eigenvalue weighted by Crippen LogP contribution is 2.16. The van der Waals surface area contributed by atoms with Crippen LogP contribution < -0.4 is 15.4 Å². The molecule has 0 bridgehead atoms. The van der Waals surface area contributed by atoms with Gasteiger partial charge >= 0.3 is 0 Å². The molecule has 0 radical (unpaired) electrons. The predicted octanol–water partition coefficient (Wildman–Crippen LogP) is 3.65. The van der Waals surface area contributed by atoms with E-state index in [4.69, 9.17) is 12.2 Å². The number of thiocarbonyl (C=S) groups is 1. The second-order valence-corrected chi connectivity index (χ2v) is 9.80. The maximum Gasteiger partial charge on any atom is 0.257 e. The van der Waals surface area contributed by atoms with Gasteiger partial charge in [-0.15, -0.1) is 0 Å². The number of benzene rings is 2. The SMILES string of the molecule is CC(C)(C)NS(=O)(=O)c1ccc(NC(=S)NC(=O)c2cccc(Br)c2)cc1. The zero-order chi connectivity index (χ0) is 20.2. The Morgan fingerprint density at radius 2 is 1.70 bits per heavy atom. The quantitative estimate of drug-likeness (QED) is 0.594. The van der Waals surface area contributed by atoms with Crippen molar-refractivity contribution >= 4 is 54.9 Å². The van der Waals surface area contributed by atoms with Crippen molar-refractivity contribution in [3.63, 3.8) is 0 Å². The van der Waals surface area contributed by atoms with E-state index in [0.29, 0.717) is 11.3 Å². The highest BCUT2D eigenvalue weighted by atomic mass is 79.9. The Balaban J connectivity index is 2.02. The highest BCUT2D eigenvalue weighted by molar-refractivity contribution is 9.10. The molecule has 0 aliphatic carbocycles. The zero-order valence-electron chi connectivity index (χ0n) is 15.0. The normalized spacial score (nSPS) is 11.7. The van der Waals surface area contributed by atoms with Crippen LogP contribution in [-0.4, -0.2) is 25.0 Å². The Morgan fingerprint density at radius 1 is 1.07 bits per heavy atom. The van der Waals surface area contributed by atoms with Crippen molar-refractivity contribution in [2.24, 2.45) is 0 Å². The molecule has 0 saturated carbocycles. The van der Waals surface area contributed by atoms with E-state index in [9.17, 15) is 13.2 Å². The molecule has 0 heterocycles. The summed E-state index contributed by atoms with van der Waals surface area (Å²) in [5.41, 5.74) is 0.445. The van der Waals surface area contributed by atoms with Gasteiger partial charge in [0.15, 0.2) is 5.11 Å². The van der Waals surface area contributed by atoms with Crippen LogP contribution in [0.1, 0.15) is 31.1 Å². The number of rotatable bonds is 4. The molecule has 0 aromatic heterocycles. The van der Waals surface area contributed by atoms with Crippen LogP contribution in [0, 0.1) is 0 Å². The first-order valence-electron chi connectivity index (χ1n) is 7.98. The summed E-state index contributed by atoms with van der Waals surface area (Å²) in [6.07, 6.45) is 0. The summed E-state index contributed by atoms with van der Waals surface area (Å²) in [6.45, 7) is 5.31. The van der Waals surface area contributed by atoms with Gasteiger partial charge in [0.25, 0.3) is 5.91 Å². The van der Waals surface area contributed by atoms with Gasteiger partial charge in [0.05, 0.1) is 4.90 Å². The maximum atomic E-state index is 12.3. The second-order valence-electron chi connectivity index (χ2n) is 6.80. The number of halogens is 1. The van der Waals surface area contributed by atoms with Crippen molar-refractivity contribution in [2.75, 3.05) is 5.32 Å². The van der Waals surface area contributed by atoms with Crippen LogP contribution in [0.3, 0.4) is 0 Å². The third-order valence-electron chi connectivity index (χ3n) is 3.18. The van der Waals surface area contributed by atoms with E-state index in [1.54, 1.807) is 51.1 Å². The number of hydrogen-bond donors (Lipinski definition) is 3. The summed E-state index contributed by atoms with van der Waals surface area (Å²) < 4.78 is 28.0. The van der Waals surface area contributed by atoms with E-state index >= 15 is 0 Å². The molecule has 0 atom stereocenters. The number of carbonyl (C=O) groups excluding carboxylic acids is 1. The fraction of sp³-hybridized carbons (Fsp3) is 0.222. The molecule has 0 aliphatic rings. The average molecular weight is 470 g/mol. The summed E-state index contributed by atoms with van der Waals surface area (Å²) in [7, 11) is -3.61. The molecule has 2 aromatic rings. The largest absolute Gasteiger partial charge is 0.332 e. The molecule has 3 N–H and O–H groups in total. The van der Waals surface area contributed by atoms with Crippen LogP contribution in [0.4, 0.5) is 5.69 Å². The van der Waals surface area contributed by atoms with E-state index in [1.165, 1.54) is 12.1 Å². The Hall–Kier alpha value is -1.81. The number of nitrogens with one attached hydrogen (secondary N) is 3. The van der Waals surface area contributed by atoms with Crippen LogP contribution >= 0.6 is 28.1 Å². The fourth-order valence-corrected chi connectivity index (χ4v) is 4.17. The molecular weight excluding hydrogens is 450 g/mol. The van der Waals surface area contributed by atoms with E-state index in [2.05, 4.69) is 31.3 Å². The smallest absolute Gasteiger partial charge is 0.257 e. The summed E-state index contributed by atoms with van der Waals surface area (Å²) in [5.74, 6) is -0.345. The van der Waals surface area contributed by atoms with Crippen molar-refractivity contribution < 1.29 is 13.2 Å². The first-order chi connectivity index (χ1) is 12.5. The number of sulfonamides is 1. The molecule has 0 unspecified atom stereocenters. The molecule has 1 amide bonds. The molecule has 2 aromatic carbocycles. The zero-order valence-corrected chi connectivity index (χ0v) is 18.3. The predicted molar refractivity (Wildman–Crippen MR) is 114 cm³/mol. The molecule has 144 valence electrons. The molecule has 0 saturated heterocycles. The lowest BCUT2D eigenvalue weighted by Crippen LogP contribution is -2.40. The van der Waals surface area contributed by atoms with Gasteiger partial charge in [0.2, 0.25) is 10.0 Å². The molecule has 0 aliphatic heterocycles. The van der Waals surface area contributed by atoms with Gasteiger partial charge in [0.1, 0.15) is 0 Å². The van der Waals surface area contributed by atoms with Gasteiger partial charge in [-0.1, -0.05) is 22.0 Å². The Bertz CT molecular complexity index is 953. The summed E-state index contributed by atoms with van der Waals surface area (Å²) >= 11 is 8.45. The van der Waals surface area contributed by atoms with Gasteiger partial charge in [-0.25, -0.2) is 13.1 Å². The van der Waals surface area contributed by atoms with Crippen LogP contribution in [0.25, 0.3) is 0 Å². The average Bonchev–Trinajstić information content (AvgIpc) is 2.53. The lowest BCUT2D eigenvalue weighted by atomic mass is 10.1. The molecule has 9 heteroatoms. The van der Waals surface area contributed by atoms with Crippen LogP contribution in [0.5, 0.6) is 0 Å². The molecular formula is C18H20BrN3O3S2. The van der Waals surface area contributed by atoms with Crippen molar-refractivity contribution in [3.05, 3.63) is 58.6 Å². The molecule has 27 heavy (non-hydrogen) atoms. The third-order valence-corrected chi connectivity index (χ3v) is 5.65. The Labute approximate surface area is 172 Å². The van der Waals surface area contributed by atoms with Crippen LogP contribution in [0.15, 0.2) is 57.9 Å². The lowest BCUT2D eigenvalue weighted by molar-refractivity contribution is 0.0977. The van der Waals surface area contributed by atoms with Gasteiger partial charge < -0.3 is 5.32 Å². The minimum Gasteiger partial charge on any atom is -0.332 e. The highest BCUT2D eigenvalue weighted by Gasteiger charge is 2.21. The maximum absolute atomic E-state index is 12.3. The first kappa shape index (κ1) is 21.5. The monoisotopic (exact) mass is 469 g/mol. The molecule has 2 rings (SSSR count). The van der Waals surface area contributed by atoms with Crippen molar-refractivity contribution in [1.82, 2.24) is 10.0 Å². The molecule has 0 spiro atoms. The van der Waals surface area contributed by atoms with E-state index < -0.39 is 15.6 Å². The van der Waals surface area contributed by atoms with E-state index in [0.717, 1.165) is 4.47 Å². The number of hydrogen-bond acceptors (Lipinski definition) is 4. The van der Waals surface area contributed by atoms with Gasteiger partial charge in [-0.3, -0.25) is 10.1 Å². The molecule has 6 nitrogen and oxygen atoms in total. The van der Waals surface area contributed by atoms with Gasteiger partial charge in [-0.2, -0.15) is 0 Å². The third kappa shape index (κ3) is 6.69. The van der Waals surface area contributed by atoms with E-state index in [-0.39, 0.29) is 15.9 Å². The van der Waals surface area contributed by atoms with E-state index in [1.807, 2.05) is 6.07 Å². The van der Waals surface area contributed by atoms with Crippen LogP contribution in [0.2, 0.25) is 0 Å². The number of amides is 1. The molecule has 0 fully saturated rings. The van der Waals surface area contributed by atoms with Gasteiger partial charge in [0, 0.05) is 21.3 Å². The first-order valence-corrected chi connectivity index (χ1v) is 10.7. The second kappa shape index (κ2) is 8.47. The van der Waals surface area contributed by atoms with Crippen molar-refractivity contribution in [3.8, 4) is 0 Å². The minimum atomic E-state index is -3.61. The topological polar surface area (TPSA) is 87.3 Å². The standard InChI is InChI=1S/C18H20BrN3O3S2/c1-18(2,3)22-27(24,25)15-9-7-14(8-10-15)20-17(26)21-16(23)12-5-4-6-13(19)11-12/h4-11,22H,1-3H3,(H2,20,21,23,26). The summed E-state index contributed by atoms with van der Waals surface area (Å²) in [5, 5.41) is 5.55. The van der Waals surface area contributed by atoms with Crippen molar-refractivity contribution in [1.29, 1.82) is 0 Å². The van der Waals surface area contributed by atoms with Crippen molar-refractivity contribution in [2.45, 2.75) is 31.2 Å². The number of carbonyl (C=O) groups is 1. The summed E-state index contributed by atoms with van der Waals surface area (Å²) in [4.78, 5) is 12.3. The number of anilines is 1. The van der Waals surface area contributed by atoms with Gasteiger partial charge in [-0.05, 0) is 75.5 Å². The van der Waals surface area contributed by atoms with Crippen LogP contribution in [-0.2, 0) is 10.0 Å². The Kier molecular flexibility index (Phi) is 6.74. The Morgan fingerprint density at radius 3 is 2.26 bits per heavy atom. The lowest BCUT2D eigenvalue weighted by Gasteiger charge is -2.20.